The summed E-state index contributed by atoms with van der Waals surface area (Å²) in [7, 11) is 0. The van der Waals surface area contributed by atoms with Gasteiger partial charge in [-0.3, -0.25) is 0 Å². The monoisotopic (exact) mass is 317 g/mol. The molecular formula is C17H20BrN. The van der Waals surface area contributed by atoms with Crippen molar-refractivity contribution in [2.45, 2.75) is 32.2 Å². The van der Waals surface area contributed by atoms with Crippen LogP contribution in [0.1, 0.15) is 36.1 Å². The van der Waals surface area contributed by atoms with Gasteiger partial charge < -0.3 is 5.73 Å². The van der Waals surface area contributed by atoms with E-state index >= 15 is 0 Å². The number of benzene rings is 2. The van der Waals surface area contributed by atoms with Crippen LogP contribution in [0.2, 0.25) is 0 Å². The molecule has 1 nitrogen and oxygen atoms in total. The van der Waals surface area contributed by atoms with Crippen molar-refractivity contribution in [3.63, 3.8) is 0 Å². The molecule has 0 aromatic heterocycles. The molecule has 1 unspecified atom stereocenters. The van der Waals surface area contributed by atoms with Gasteiger partial charge in [-0.05, 0) is 41.7 Å². The maximum atomic E-state index is 6.32. The Morgan fingerprint density at radius 2 is 1.79 bits per heavy atom. The van der Waals surface area contributed by atoms with Gasteiger partial charge in [0.05, 0.1) is 0 Å². The van der Waals surface area contributed by atoms with Crippen LogP contribution in [0.5, 0.6) is 0 Å². The molecule has 0 fully saturated rings. The number of hydrogen-bond acceptors (Lipinski definition) is 1. The van der Waals surface area contributed by atoms with Crippen molar-refractivity contribution in [3.05, 3.63) is 69.7 Å². The molecule has 0 heterocycles. The highest BCUT2D eigenvalue weighted by Crippen LogP contribution is 2.19. The van der Waals surface area contributed by atoms with Gasteiger partial charge in [-0.2, -0.15) is 0 Å². The minimum Gasteiger partial charge on any atom is -0.324 e. The summed E-state index contributed by atoms with van der Waals surface area (Å²) >= 11 is 3.45. The highest BCUT2D eigenvalue weighted by atomic mass is 79.9. The Morgan fingerprint density at radius 1 is 1.05 bits per heavy atom. The van der Waals surface area contributed by atoms with Gasteiger partial charge in [0.25, 0.3) is 0 Å². The highest BCUT2D eigenvalue weighted by Gasteiger charge is 2.07. The molecule has 0 saturated carbocycles. The standard InChI is InChI=1S/C17H20BrN/c1-2-4-13-5-3-6-15(11-13)17(19)12-14-7-9-16(18)10-8-14/h3,5-11,17H,2,4,12,19H2,1H3. The molecule has 0 aliphatic rings. The van der Waals surface area contributed by atoms with Crippen molar-refractivity contribution in [2.75, 3.05) is 0 Å². The van der Waals surface area contributed by atoms with Crippen LogP contribution in [0.4, 0.5) is 0 Å². The van der Waals surface area contributed by atoms with Gasteiger partial charge in [0.15, 0.2) is 0 Å². The quantitative estimate of drug-likeness (QED) is 0.853. The van der Waals surface area contributed by atoms with Crippen LogP contribution in [0, 0.1) is 0 Å². The smallest absolute Gasteiger partial charge is 0.0335 e. The zero-order valence-electron chi connectivity index (χ0n) is 11.3. The van der Waals surface area contributed by atoms with E-state index in [2.05, 4.69) is 71.4 Å². The minimum absolute atomic E-state index is 0.0676. The Balaban J connectivity index is 2.08. The van der Waals surface area contributed by atoms with Crippen LogP contribution in [0.25, 0.3) is 0 Å². The summed E-state index contributed by atoms with van der Waals surface area (Å²) in [6.45, 7) is 2.20. The molecule has 0 bridgehead atoms. The van der Waals surface area contributed by atoms with E-state index in [1.165, 1.54) is 23.1 Å². The molecule has 2 aromatic rings. The van der Waals surface area contributed by atoms with Crippen LogP contribution in [-0.2, 0) is 12.8 Å². The van der Waals surface area contributed by atoms with E-state index < -0.39 is 0 Å². The Kier molecular flexibility index (Phi) is 5.17. The molecule has 2 aromatic carbocycles. The van der Waals surface area contributed by atoms with Gasteiger partial charge in [-0.1, -0.05) is 65.7 Å². The lowest BCUT2D eigenvalue weighted by Crippen LogP contribution is -2.13. The maximum Gasteiger partial charge on any atom is 0.0335 e. The normalized spacial score (nSPS) is 12.4. The summed E-state index contributed by atoms with van der Waals surface area (Å²) in [5.41, 5.74) is 10.2. The first-order chi connectivity index (χ1) is 9.19. The van der Waals surface area contributed by atoms with E-state index in [0.717, 1.165) is 17.3 Å². The van der Waals surface area contributed by atoms with Crippen molar-refractivity contribution in [2.24, 2.45) is 5.73 Å². The summed E-state index contributed by atoms with van der Waals surface area (Å²) in [6, 6.07) is 17.1. The molecule has 2 rings (SSSR count). The summed E-state index contributed by atoms with van der Waals surface area (Å²) in [5.74, 6) is 0. The zero-order chi connectivity index (χ0) is 13.7. The fourth-order valence-electron chi connectivity index (χ4n) is 2.26. The molecule has 0 spiro atoms. The van der Waals surface area contributed by atoms with E-state index in [4.69, 9.17) is 5.73 Å². The summed E-state index contributed by atoms with van der Waals surface area (Å²) in [4.78, 5) is 0. The molecule has 2 heteroatoms. The fourth-order valence-corrected chi connectivity index (χ4v) is 2.52. The zero-order valence-corrected chi connectivity index (χ0v) is 12.9. The molecule has 100 valence electrons. The van der Waals surface area contributed by atoms with Gasteiger partial charge in [-0.25, -0.2) is 0 Å². The van der Waals surface area contributed by atoms with E-state index in [-0.39, 0.29) is 6.04 Å². The molecule has 0 saturated heterocycles. The van der Waals surface area contributed by atoms with Gasteiger partial charge in [0.1, 0.15) is 0 Å². The third kappa shape index (κ3) is 4.19. The number of hydrogen-bond donors (Lipinski definition) is 1. The van der Waals surface area contributed by atoms with E-state index in [1.807, 2.05) is 0 Å². The number of halogens is 1. The third-order valence-corrected chi connectivity index (χ3v) is 3.82. The Labute approximate surface area is 124 Å². The van der Waals surface area contributed by atoms with Gasteiger partial charge in [-0.15, -0.1) is 0 Å². The highest BCUT2D eigenvalue weighted by molar-refractivity contribution is 9.10. The first-order valence-corrected chi connectivity index (χ1v) is 7.57. The first-order valence-electron chi connectivity index (χ1n) is 6.78. The van der Waals surface area contributed by atoms with Gasteiger partial charge in [0, 0.05) is 10.5 Å². The minimum atomic E-state index is 0.0676. The molecular weight excluding hydrogens is 298 g/mol. The number of nitrogens with two attached hydrogens (primary N) is 1. The van der Waals surface area contributed by atoms with Crippen LogP contribution < -0.4 is 5.73 Å². The van der Waals surface area contributed by atoms with E-state index in [9.17, 15) is 0 Å². The second kappa shape index (κ2) is 6.88. The van der Waals surface area contributed by atoms with Crippen molar-refractivity contribution in [3.8, 4) is 0 Å². The SMILES string of the molecule is CCCc1cccc(C(N)Cc2ccc(Br)cc2)c1. The number of aryl methyl sites for hydroxylation is 1. The summed E-state index contributed by atoms with van der Waals surface area (Å²) < 4.78 is 1.11. The lowest BCUT2D eigenvalue weighted by molar-refractivity contribution is 0.719. The Bertz CT molecular complexity index is 519. The van der Waals surface area contributed by atoms with Crippen molar-refractivity contribution in [1.82, 2.24) is 0 Å². The summed E-state index contributed by atoms with van der Waals surface area (Å²) in [6.07, 6.45) is 3.17. The van der Waals surface area contributed by atoms with Crippen LogP contribution in [-0.4, -0.2) is 0 Å². The van der Waals surface area contributed by atoms with Crippen LogP contribution in [0.3, 0.4) is 0 Å². The second-order valence-corrected chi connectivity index (χ2v) is 5.85. The fraction of sp³-hybridized carbons (Fsp3) is 0.294. The molecule has 2 N–H and O–H groups in total. The van der Waals surface area contributed by atoms with Crippen molar-refractivity contribution >= 4 is 15.9 Å². The molecule has 0 radical (unpaired) electrons. The maximum absolute atomic E-state index is 6.32. The molecule has 0 aliphatic heterocycles. The van der Waals surface area contributed by atoms with Crippen LogP contribution >= 0.6 is 15.9 Å². The van der Waals surface area contributed by atoms with E-state index in [1.54, 1.807) is 0 Å². The van der Waals surface area contributed by atoms with Crippen molar-refractivity contribution in [1.29, 1.82) is 0 Å². The number of rotatable bonds is 5. The molecule has 0 amide bonds. The second-order valence-electron chi connectivity index (χ2n) is 4.93. The molecule has 0 aliphatic carbocycles. The predicted octanol–water partition coefficient (Wildman–Crippen LogP) is 4.64. The van der Waals surface area contributed by atoms with Gasteiger partial charge in [0.2, 0.25) is 0 Å². The Hall–Kier alpha value is -1.12. The average Bonchev–Trinajstić information content (AvgIpc) is 2.42. The summed E-state index contributed by atoms with van der Waals surface area (Å²) in [5, 5.41) is 0. The van der Waals surface area contributed by atoms with Crippen LogP contribution in [0.15, 0.2) is 53.0 Å². The lowest BCUT2D eigenvalue weighted by atomic mass is 9.97. The Morgan fingerprint density at radius 3 is 2.47 bits per heavy atom. The topological polar surface area (TPSA) is 26.0 Å². The van der Waals surface area contributed by atoms with E-state index in [0.29, 0.717) is 0 Å². The largest absolute Gasteiger partial charge is 0.324 e. The third-order valence-electron chi connectivity index (χ3n) is 3.29. The first kappa shape index (κ1) is 14.3. The molecule has 19 heavy (non-hydrogen) atoms. The lowest BCUT2D eigenvalue weighted by Gasteiger charge is -2.13. The van der Waals surface area contributed by atoms with Crippen molar-refractivity contribution < 1.29 is 0 Å². The molecule has 1 atom stereocenters. The average molecular weight is 318 g/mol. The predicted molar refractivity (Wildman–Crippen MR) is 85.2 cm³/mol. The van der Waals surface area contributed by atoms with Gasteiger partial charge >= 0.3 is 0 Å².